The molecule has 5 nitrogen and oxygen atoms in total. The predicted octanol–water partition coefficient (Wildman–Crippen LogP) is 2.55. The van der Waals surface area contributed by atoms with Crippen LogP contribution in [0.15, 0.2) is 35.4 Å². The average molecular weight is 334 g/mol. The Morgan fingerprint density at radius 3 is 2.48 bits per heavy atom. The molecule has 1 fully saturated rings. The summed E-state index contributed by atoms with van der Waals surface area (Å²) < 4.78 is 32.8. The van der Waals surface area contributed by atoms with E-state index in [0.717, 1.165) is 11.1 Å². The lowest BCUT2D eigenvalue weighted by Crippen LogP contribution is -2.40. The molecule has 1 aliphatic heterocycles. The van der Waals surface area contributed by atoms with Gasteiger partial charge in [-0.15, -0.1) is 0 Å². The van der Waals surface area contributed by atoms with Crippen molar-refractivity contribution in [2.75, 3.05) is 26.3 Å². The highest BCUT2D eigenvalue weighted by Gasteiger charge is 2.29. The van der Waals surface area contributed by atoms with Gasteiger partial charge in [0.05, 0.1) is 23.6 Å². The van der Waals surface area contributed by atoms with Gasteiger partial charge in [0.1, 0.15) is 0 Å². The Balaban J connectivity index is 2.20. The van der Waals surface area contributed by atoms with E-state index in [0.29, 0.717) is 36.6 Å². The van der Waals surface area contributed by atoms with Gasteiger partial charge < -0.3 is 4.74 Å². The van der Waals surface area contributed by atoms with E-state index in [9.17, 15) is 8.42 Å². The zero-order valence-corrected chi connectivity index (χ0v) is 14.6. The maximum atomic E-state index is 13.0. The molecule has 0 aliphatic carbocycles. The van der Waals surface area contributed by atoms with E-state index >= 15 is 0 Å². The zero-order chi connectivity index (χ0) is 16.7. The molecule has 3 rings (SSSR count). The molecule has 1 aliphatic rings. The van der Waals surface area contributed by atoms with Crippen molar-refractivity contribution in [2.24, 2.45) is 0 Å². The molecule has 0 atom stereocenters. The van der Waals surface area contributed by atoms with Crippen LogP contribution in [0.3, 0.4) is 0 Å². The van der Waals surface area contributed by atoms with E-state index < -0.39 is 10.0 Å². The zero-order valence-electron chi connectivity index (χ0n) is 13.7. The molecular weight excluding hydrogens is 312 g/mol. The number of pyridine rings is 1. The first-order valence-electron chi connectivity index (χ1n) is 7.78. The highest BCUT2D eigenvalue weighted by atomic mass is 32.2. The number of ether oxygens (including phenoxy) is 1. The fourth-order valence-electron chi connectivity index (χ4n) is 2.90. The molecule has 1 aromatic carbocycles. The molecule has 0 saturated carbocycles. The smallest absolute Gasteiger partial charge is 0.243 e. The van der Waals surface area contributed by atoms with Gasteiger partial charge in [-0.05, 0) is 29.2 Å². The number of hydrogen-bond donors (Lipinski definition) is 0. The molecule has 0 amide bonds. The third-order valence-electron chi connectivity index (χ3n) is 4.13. The molecule has 124 valence electrons. The molecule has 0 bridgehead atoms. The summed E-state index contributed by atoms with van der Waals surface area (Å²) in [6.07, 6.45) is 1.71. The number of nitrogens with zero attached hydrogens (tertiary/aromatic N) is 2. The van der Waals surface area contributed by atoms with Gasteiger partial charge in [-0.2, -0.15) is 4.31 Å². The van der Waals surface area contributed by atoms with Gasteiger partial charge in [-0.3, -0.25) is 4.98 Å². The van der Waals surface area contributed by atoms with Crippen molar-refractivity contribution in [1.82, 2.24) is 9.29 Å². The lowest BCUT2D eigenvalue weighted by atomic mass is 9.85. The molecule has 0 N–H and O–H groups in total. The van der Waals surface area contributed by atoms with Gasteiger partial charge in [-0.25, -0.2) is 8.42 Å². The van der Waals surface area contributed by atoms with Gasteiger partial charge in [0, 0.05) is 24.7 Å². The molecule has 2 heterocycles. The van der Waals surface area contributed by atoms with Crippen molar-refractivity contribution in [3.63, 3.8) is 0 Å². The Morgan fingerprint density at radius 1 is 1.13 bits per heavy atom. The van der Waals surface area contributed by atoms with E-state index in [2.05, 4.69) is 25.8 Å². The van der Waals surface area contributed by atoms with Crippen LogP contribution in [0.25, 0.3) is 10.9 Å². The van der Waals surface area contributed by atoms with Gasteiger partial charge >= 0.3 is 0 Å². The van der Waals surface area contributed by atoms with Crippen molar-refractivity contribution in [3.8, 4) is 0 Å². The summed E-state index contributed by atoms with van der Waals surface area (Å²) in [5.74, 6) is 0. The van der Waals surface area contributed by atoms with Crippen molar-refractivity contribution in [2.45, 2.75) is 31.1 Å². The van der Waals surface area contributed by atoms with Gasteiger partial charge in [0.25, 0.3) is 0 Å². The third-order valence-corrected chi connectivity index (χ3v) is 6.08. The quantitative estimate of drug-likeness (QED) is 0.847. The SMILES string of the molecule is CC(C)(C)c1ccc(S(=O)(=O)N2CCOCC2)c2cccnc12. The molecule has 0 radical (unpaired) electrons. The third kappa shape index (κ3) is 2.98. The number of sulfonamides is 1. The molecule has 1 aromatic heterocycles. The Hall–Kier alpha value is -1.50. The van der Waals surface area contributed by atoms with Crippen LogP contribution >= 0.6 is 0 Å². The minimum Gasteiger partial charge on any atom is -0.379 e. The second-order valence-electron chi connectivity index (χ2n) is 6.78. The molecular formula is C17H22N2O3S. The minimum absolute atomic E-state index is 0.103. The summed E-state index contributed by atoms with van der Waals surface area (Å²) in [6, 6.07) is 7.23. The number of hydrogen-bond acceptors (Lipinski definition) is 4. The fraction of sp³-hybridized carbons (Fsp3) is 0.471. The summed E-state index contributed by atoms with van der Waals surface area (Å²) in [5.41, 5.74) is 1.71. The first kappa shape index (κ1) is 16.4. The Labute approximate surface area is 137 Å². The number of benzene rings is 1. The van der Waals surface area contributed by atoms with Gasteiger partial charge in [0.2, 0.25) is 10.0 Å². The summed E-state index contributed by atoms with van der Waals surface area (Å²) in [5, 5.41) is 0.686. The lowest BCUT2D eigenvalue weighted by Gasteiger charge is -2.27. The lowest BCUT2D eigenvalue weighted by molar-refractivity contribution is 0.0730. The second kappa shape index (κ2) is 5.85. The molecule has 0 unspecified atom stereocenters. The van der Waals surface area contributed by atoms with E-state index in [-0.39, 0.29) is 5.41 Å². The van der Waals surface area contributed by atoms with Crippen LogP contribution in [0.1, 0.15) is 26.3 Å². The fourth-order valence-corrected chi connectivity index (χ4v) is 4.49. The van der Waals surface area contributed by atoms with Crippen LogP contribution in [-0.4, -0.2) is 44.0 Å². The highest BCUT2D eigenvalue weighted by molar-refractivity contribution is 7.89. The summed E-state index contributed by atoms with van der Waals surface area (Å²) in [6.45, 7) is 7.98. The van der Waals surface area contributed by atoms with E-state index in [1.165, 1.54) is 4.31 Å². The van der Waals surface area contributed by atoms with E-state index in [1.54, 1.807) is 18.3 Å². The first-order valence-corrected chi connectivity index (χ1v) is 9.22. The van der Waals surface area contributed by atoms with Crippen LogP contribution in [0, 0.1) is 0 Å². The monoisotopic (exact) mass is 334 g/mol. The number of morpholine rings is 1. The molecule has 2 aromatic rings. The molecule has 0 spiro atoms. The second-order valence-corrected chi connectivity index (χ2v) is 8.68. The standard InChI is InChI=1S/C17H22N2O3S/c1-17(2,3)14-6-7-15(13-5-4-8-18-16(13)14)23(20,21)19-9-11-22-12-10-19/h4-8H,9-12H2,1-3H3. The highest BCUT2D eigenvalue weighted by Crippen LogP contribution is 2.33. The summed E-state index contributed by atoms with van der Waals surface area (Å²) in [7, 11) is -3.54. The van der Waals surface area contributed by atoms with Crippen molar-refractivity contribution in [3.05, 3.63) is 36.0 Å². The van der Waals surface area contributed by atoms with Gasteiger partial charge in [0.15, 0.2) is 0 Å². The van der Waals surface area contributed by atoms with Crippen LogP contribution in [-0.2, 0) is 20.2 Å². The van der Waals surface area contributed by atoms with Crippen molar-refractivity contribution >= 4 is 20.9 Å². The van der Waals surface area contributed by atoms with E-state index in [1.807, 2.05) is 12.1 Å². The Morgan fingerprint density at radius 2 is 1.83 bits per heavy atom. The normalized spacial score (nSPS) is 17.5. The van der Waals surface area contributed by atoms with E-state index in [4.69, 9.17) is 4.74 Å². The number of aromatic nitrogens is 1. The molecule has 6 heteroatoms. The van der Waals surface area contributed by atoms with Crippen LogP contribution in [0.5, 0.6) is 0 Å². The molecule has 23 heavy (non-hydrogen) atoms. The summed E-state index contributed by atoms with van der Waals surface area (Å²) >= 11 is 0. The van der Waals surface area contributed by atoms with Gasteiger partial charge in [-0.1, -0.05) is 26.8 Å². The maximum Gasteiger partial charge on any atom is 0.243 e. The average Bonchev–Trinajstić information content (AvgIpc) is 2.53. The Kier molecular flexibility index (Phi) is 4.16. The first-order chi connectivity index (χ1) is 10.8. The van der Waals surface area contributed by atoms with Crippen LogP contribution < -0.4 is 0 Å². The topological polar surface area (TPSA) is 59.5 Å². The molecule has 1 saturated heterocycles. The maximum absolute atomic E-state index is 13.0. The minimum atomic E-state index is -3.54. The van der Waals surface area contributed by atoms with Crippen LogP contribution in [0.4, 0.5) is 0 Å². The van der Waals surface area contributed by atoms with Crippen LogP contribution in [0.2, 0.25) is 0 Å². The predicted molar refractivity (Wildman–Crippen MR) is 90.0 cm³/mol. The Bertz CT molecular complexity index is 819. The van der Waals surface area contributed by atoms with Crippen molar-refractivity contribution < 1.29 is 13.2 Å². The summed E-state index contributed by atoms with van der Waals surface area (Å²) in [4.78, 5) is 4.79. The largest absolute Gasteiger partial charge is 0.379 e. The number of rotatable bonds is 2. The van der Waals surface area contributed by atoms with Crippen molar-refractivity contribution in [1.29, 1.82) is 0 Å². The number of fused-ring (bicyclic) bond motifs is 1.